The fourth-order valence-electron chi connectivity index (χ4n) is 2.49. The van der Waals surface area contributed by atoms with Crippen molar-refractivity contribution < 1.29 is 4.39 Å². The average Bonchev–Trinajstić information content (AvgIpc) is 2.33. The maximum Gasteiger partial charge on any atom is 0.141 e. The molecule has 1 saturated carbocycles. The summed E-state index contributed by atoms with van der Waals surface area (Å²) in [6.07, 6.45) is 6.18. The minimum Gasteiger partial charge on any atom is -0.324 e. The van der Waals surface area contributed by atoms with Crippen LogP contribution in [-0.4, -0.2) is 0 Å². The second-order valence-electron chi connectivity index (χ2n) is 4.60. The molecule has 0 spiro atoms. The van der Waals surface area contributed by atoms with Gasteiger partial charge in [-0.25, -0.2) is 4.39 Å². The van der Waals surface area contributed by atoms with E-state index in [2.05, 4.69) is 0 Å². The predicted octanol–water partition coefficient (Wildman–Crippen LogP) is 4.48. The molecule has 0 amide bonds. The van der Waals surface area contributed by atoms with E-state index in [1.165, 1.54) is 38.2 Å². The van der Waals surface area contributed by atoms with Crippen molar-refractivity contribution in [3.8, 4) is 0 Å². The summed E-state index contributed by atoms with van der Waals surface area (Å²) < 4.78 is 13.0. The number of nitrogens with two attached hydrogens (primary N) is 1. The SMILES string of the molecule is Cl.N[C@@H](c1ccc(F)c(Cl)c1)C1CCCCC1. The van der Waals surface area contributed by atoms with Crippen LogP contribution < -0.4 is 5.73 Å². The van der Waals surface area contributed by atoms with Crippen LogP contribution in [0.5, 0.6) is 0 Å². The molecule has 17 heavy (non-hydrogen) atoms. The van der Waals surface area contributed by atoms with Gasteiger partial charge in [-0.2, -0.15) is 0 Å². The Balaban J connectivity index is 0.00000144. The van der Waals surface area contributed by atoms with Gasteiger partial charge < -0.3 is 5.73 Å². The third kappa shape index (κ3) is 3.57. The van der Waals surface area contributed by atoms with E-state index in [0.717, 1.165) is 5.56 Å². The smallest absolute Gasteiger partial charge is 0.141 e. The summed E-state index contributed by atoms with van der Waals surface area (Å²) in [4.78, 5) is 0. The molecule has 0 saturated heterocycles. The molecule has 1 nitrogen and oxygen atoms in total. The topological polar surface area (TPSA) is 26.0 Å². The van der Waals surface area contributed by atoms with Gasteiger partial charge in [0, 0.05) is 6.04 Å². The minimum atomic E-state index is -0.374. The van der Waals surface area contributed by atoms with Crippen LogP contribution in [0.2, 0.25) is 5.02 Å². The van der Waals surface area contributed by atoms with E-state index in [-0.39, 0.29) is 29.3 Å². The van der Waals surface area contributed by atoms with Crippen molar-refractivity contribution in [2.24, 2.45) is 11.7 Å². The largest absolute Gasteiger partial charge is 0.324 e. The van der Waals surface area contributed by atoms with Crippen LogP contribution >= 0.6 is 24.0 Å². The average molecular weight is 278 g/mol. The number of rotatable bonds is 2. The molecule has 96 valence electrons. The summed E-state index contributed by atoms with van der Waals surface area (Å²) in [6, 6.07) is 4.81. The van der Waals surface area contributed by atoms with Crippen LogP contribution in [0.15, 0.2) is 18.2 Å². The number of hydrogen-bond acceptors (Lipinski definition) is 1. The molecule has 1 fully saturated rings. The molecule has 2 rings (SSSR count). The van der Waals surface area contributed by atoms with Gasteiger partial charge in [0.2, 0.25) is 0 Å². The zero-order chi connectivity index (χ0) is 11.5. The summed E-state index contributed by atoms with van der Waals surface area (Å²) in [5, 5.41) is 0.170. The molecule has 0 unspecified atom stereocenters. The first kappa shape index (κ1) is 14.7. The molecule has 1 atom stereocenters. The molecule has 1 aromatic carbocycles. The Hall–Kier alpha value is -0.310. The first-order valence-corrected chi connectivity index (χ1v) is 6.27. The molecule has 4 heteroatoms. The molecule has 2 N–H and O–H groups in total. The maximum atomic E-state index is 13.0. The summed E-state index contributed by atoms with van der Waals surface area (Å²) in [6.45, 7) is 0. The zero-order valence-electron chi connectivity index (χ0n) is 9.66. The molecular weight excluding hydrogens is 260 g/mol. The molecule has 1 aliphatic rings. The predicted molar refractivity (Wildman–Crippen MR) is 72.2 cm³/mol. The standard InChI is InChI=1S/C13H17ClFN.ClH/c14-11-8-10(6-7-12(11)15)13(16)9-4-2-1-3-5-9;/h6-9,13H,1-5,16H2;1H/t13-;/m1./s1. The van der Waals surface area contributed by atoms with Crippen molar-refractivity contribution in [1.82, 2.24) is 0 Å². The highest BCUT2D eigenvalue weighted by atomic mass is 35.5. The van der Waals surface area contributed by atoms with E-state index >= 15 is 0 Å². The second kappa shape index (κ2) is 6.58. The van der Waals surface area contributed by atoms with Gasteiger partial charge in [-0.15, -0.1) is 12.4 Å². The molecule has 1 aromatic rings. The van der Waals surface area contributed by atoms with Gasteiger partial charge in [0.1, 0.15) is 5.82 Å². The second-order valence-corrected chi connectivity index (χ2v) is 5.00. The van der Waals surface area contributed by atoms with E-state index in [4.69, 9.17) is 17.3 Å². The van der Waals surface area contributed by atoms with Gasteiger partial charge in [0.15, 0.2) is 0 Å². The fourth-order valence-corrected chi connectivity index (χ4v) is 2.67. The maximum absolute atomic E-state index is 13.0. The molecule has 0 radical (unpaired) electrons. The van der Waals surface area contributed by atoms with Gasteiger partial charge in [-0.1, -0.05) is 36.9 Å². The molecule has 0 aromatic heterocycles. The highest BCUT2D eigenvalue weighted by Gasteiger charge is 2.22. The van der Waals surface area contributed by atoms with E-state index in [1.54, 1.807) is 12.1 Å². The Morgan fingerprint density at radius 1 is 1.24 bits per heavy atom. The highest BCUT2D eigenvalue weighted by molar-refractivity contribution is 6.30. The summed E-state index contributed by atoms with van der Waals surface area (Å²) in [5.74, 6) is 0.150. The normalized spacial score (nSPS) is 18.5. The Labute approximate surface area is 113 Å². The number of halogens is 3. The number of benzene rings is 1. The molecular formula is C13H18Cl2FN. The van der Waals surface area contributed by atoms with Crippen molar-refractivity contribution in [2.75, 3.05) is 0 Å². The summed E-state index contributed by atoms with van der Waals surface area (Å²) >= 11 is 5.77. The van der Waals surface area contributed by atoms with Crippen molar-refractivity contribution in [3.05, 3.63) is 34.6 Å². The summed E-state index contributed by atoms with van der Waals surface area (Å²) in [5.41, 5.74) is 7.16. The van der Waals surface area contributed by atoms with Crippen LogP contribution in [0.25, 0.3) is 0 Å². The lowest BCUT2D eigenvalue weighted by molar-refractivity contribution is 0.308. The van der Waals surface area contributed by atoms with Crippen LogP contribution in [0, 0.1) is 11.7 Å². The molecule has 0 bridgehead atoms. The zero-order valence-corrected chi connectivity index (χ0v) is 11.2. The van der Waals surface area contributed by atoms with Gasteiger partial charge in [-0.3, -0.25) is 0 Å². The van der Waals surface area contributed by atoms with Gasteiger partial charge in [0.25, 0.3) is 0 Å². The first-order chi connectivity index (χ1) is 7.68. The third-order valence-electron chi connectivity index (χ3n) is 3.49. The Morgan fingerprint density at radius 3 is 2.47 bits per heavy atom. The van der Waals surface area contributed by atoms with Crippen LogP contribution in [0.3, 0.4) is 0 Å². The van der Waals surface area contributed by atoms with Crippen LogP contribution in [-0.2, 0) is 0 Å². The van der Waals surface area contributed by atoms with Gasteiger partial charge >= 0.3 is 0 Å². The third-order valence-corrected chi connectivity index (χ3v) is 3.78. The molecule has 1 aliphatic carbocycles. The lowest BCUT2D eigenvalue weighted by Gasteiger charge is -2.27. The monoisotopic (exact) mass is 277 g/mol. The fraction of sp³-hybridized carbons (Fsp3) is 0.538. The van der Waals surface area contributed by atoms with Crippen LogP contribution in [0.1, 0.15) is 43.7 Å². The Kier molecular flexibility index (Phi) is 5.71. The summed E-state index contributed by atoms with van der Waals surface area (Å²) in [7, 11) is 0. The van der Waals surface area contributed by atoms with Crippen molar-refractivity contribution in [2.45, 2.75) is 38.1 Å². The van der Waals surface area contributed by atoms with Crippen molar-refractivity contribution in [1.29, 1.82) is 0 Å². The Bertz CT molecular complexity index is 364. The molecule has 0 heterocycles. The van der Waals surface area contributed by atoms with E-state index in [0.29, 0.717) is 5.92 Å². The number of hydrogen-bond donors (Lipinski definition) is 1. The van der Waals surface area contributed by atoms with E-state index < -0.39 is 0 Å². The van der Waals surface area contributed by atoms with E-state index in [1.807, 2.05) is 0 Å². The highest BCUT2D eigenvalue weighted by Crippen LogP contribution is 2.33. The van der Waals surface area contributed by atoms with Crippen molar-refractivity contribution >= 4 is 24.0 Å². The molecule has 0 aliphatic heterocycles. The first-order valence-electron chi connectivity index (χ1n) is 5.89. The van der Waals surface area contributed by atoms with Crippen LogP contribution in [0.4, 0.5) is 4.39 Å². The quantitative estimate of drug-likeness (QED) is 0.848. The minimum absolute atomic E-state index is 0. The van der Waals surface area contributed by atoms with E-state index in [9.17, 15) is 4.39 Å². The van der Waals surface area contributed by atoms with Crippen molar-refractivity contribution in [3.63, 3.8) is 0 Å². The Morgan fingerprint density at radius 2 is 1.88 bits per heavy atom. The van der Waals surface area contributed by atoms with Gasteiger partial charge in [0.05, 0.1) is 5.02 Å². The van der Waals surface area contributed by atoms with Gasteiger partial charge in [-0.05, 0) is 36.5 Å². The lowest BCUT2D eigenvalue weighted by Crippen LogP contribution is -2.23. The lowest BCUT2D eigenvalue weighted by atomic mass is 9.81.